The van der Waals surface area contributed by atoms with E-state index in [1.165, 1.54) is 6.07 Å². The largest absolute Gasteiger partial charge is 0.508 e. The molecule has 1 heterocycles. The van der Waals surface area contributed by atoms with Gasteiger partial charge in [0.2, 0.25) is 23.6 Å². The van der Waals surface area contributed by atoms with E-state index in [4.69, 9.17) is 22.6 Å². The van der Waals surface area contributed by atoms with Gasteiger partial charge >= 0.3 is 0 Å². The Hall–Kier alpha value is -3.90. The zero-order valence-electron chi connectivity index (χ0n) is 21.6. The number of benzene rings is 1. The SMILES string of the molecule is N=C(N)NCCCC[C@H](NC(=O)[C@H](P)NC(=O)[C@H](Cc1c[nH]c2ccc(O)cc12)NC(=O)CCCN)C(N)=O. The van der Waals surface area contributed by atoms with E-state index < -0.39 is 35.6 Å². The summed E-state index contributed by atoms with van der Waals surface area (Å²) >= 11 is 0. The first kappa shape index (κ1) is 31.3. The molecule has 2 rings (SSSR count). The van der Waals surface area contributed by atoms with E-state index in [1.807, 2.05) is 0 Å². The number of aromatic amines is 1. The first-order valence-corrected chi connectivity index (χ1v) is 13.2. The average Bonchev–Trinajstić information content (AvgIpc) is 3.27. The van der Waals surface area contributed by atoms with Crippen LogP contribution in [0.2, 0.25) is 0 Å². The first-order chi connectivity index (χ1) is 18.5. The van der Waals surface area contributed by atoms with Gasteiger partial charge < -0.3 is 48.6 Å². The van der Waals surface area contributed by atoms with Crippen molar-refractivity contribution in [3.63, 3.8) is 0 Å². The lowest BCUT2D eigenvalue weighted by atomic mass is 10.0. The lowest BCUT2D eigenvalue weighted by Gasteiger charge is -2.23. The van der Waals surface area contributed by atoms with Crippen LogP contribution in [0.25, 0.3) is 10.9 Å². The van der Waals surface area contributed by atoms with Crippen molar-refractivity contribution in [1.82, 2.24) is 26.3 Å². The molecule has 1 aromatic carbocycles. The Bertz CT molecular complexity index is 1170. The Kier molecular flexibility index (Phi) is 12.4. The van der Waals surface area contributed by atoms with Gasteiger partial charge in [-0.05, 0) is 56.0 Å². The monoisotopic (exact) mass is 563 g/mol. The summed E-state index contributed by atoms with van der Waals surface area (Å²) in [5.74, 6) is -3.59. The smallest absolute Gasteiger partial charge is 0.247 e. The molecule has 0 radical (unpaired) electrons. The third kappa shape index (κ3) is 10.4. The number of guanidine groups is 1. The second-order valence-corrected chi connectivity index (χ2v) is 9.71. The van der Waals surface area contributed by atoms with Gasteiger partial charge in [-0.2, -0.15) is 0 Å². The number of hydrogen-bond acceptors (Lipinski definition) is 7. The van der Waals surface area contributed by atoms with Gasteiger partial charge in [0.05, 0.1) is 0 Å². The molecular formula is C24H38N9O5P. The van der Waals surface area contributed by atoms with E-state index in [0.29, 0.717) is 43.3 Å². The van der Waals surface area contributed by atoms with Crippen LogP contribution in [0.1, 0.15) is 37.7 Å². The normalized spacial score (nSPS) is 13.2. The number of rotatable bonds is 16. The molecule has 0 saturated heterocycles. The van der Waals surface area contributed by atoms with E-state index in [-0.39, 0.29) is 36.9 Å². The molecule has 2 aromatic rings. The molecule has 1 aromatic heterocycles. The van der Waals surface area contributed by atoms with Gasteiger partial charge in [-0.15, -0.1) is 9.24 Å². The predicted molar refractivity (Wildman–Crippen MR) is 150 cm³/mol. The fourth-order valence-electron chi connectivity index (χ4n) is 3.86. The van der Waals surface area contributed by atoms with Crippen molar-refractivity contribution in [2.24, 2.45) is 17.2 Å². The number of aromatic hydroxyl groups is 1. The van der Waals surface area contributed by atoms with E-state index in [1.54, 1.807) is 18.3 Å². The number of unbranched alkanes of at least 4 members (excludes halogenated alkanes) is 1. The van der Waals surface area contributed by atoms with E-state index in [9.17, 15) is 24.3 Å². The van der Waals surface area contributed by atoms with Crippen molar-refractivity contribution in [3.8, 4) is 5.75 Å². The van der Waals surface area contributed by atoms with Crippen LogP contribution >= 0.6 is 9.24 Å². The Morgan fingerprint density at radius 3 is 2.44 bits per heavy atom. The highest BCUT2D eigenvalue weighted by Gasteiger charge is 2.27. The molecule has 1 unspecified atom stereocenters. The molecule has 0 spiro atoms. The van der Waals surface area contributed by atoms with Crippen LogP contribution in [0.3, 0.4) is 0 Å². The van der Waals surface area contributed by atoms with Crippen LogP contribution in [0.4, 0.5) is 0 Å². The van der Waals surface area contributed by atoms with Crippen molar-refractivity contribution in [2.45, 2.75) is 56.4 Å². The number of phenols is 1. The van der Waals surface area contributed by atoms with E-state index >= 15 is 0 Å². The van der Waals surface area contributed by atoms with Crippen molar-refractivity contribution in [2.75, 3.05) is 13.1 Å². The number of amides is 4. The third-order valence-corrected chi connectivity index (χ3v) is 6.38. The molecule has 0 aliphatic heterocycles. The molecule has 4 amide bonds. The summed E-state index contributed by atoms with van der Waals surface area (Å²) in [6, 6.07) is 2.79. The summed E-state index contributed by atoms with van der Waals surface area (Å²) in [6.07, 6.45) is 3.72. The molecule has 0 aliphatic carbocycles. The second kappa shape index (κ2) is 15.5. The molecule has 0 bridgehead atoms. The van der Waals surface area contributed by atoms with Crippen LogP contribution in [0.5, 0.6) is 5.75 Å². The van der Waals surface area contributed by atoms with Crippen LogP contribution < -0.4 is 38.5 Å². The zero-order valence-corrected chi connectivity index (χ0v) is 22.7. The van der Waals surface area contributed by atoms with Crippen LogP contribution in [0.15, 0.2) is 24.4 Å². The summed E-state index contributed by atoms with van der Waals surface area (Å²) in [6.45, 7) is 0.750. The van der Waals surface area contributed by atoms with Crippen molar-refractivity contribution in [1.29, 1.82) is 5.41 Å². The number of H-pyrrole nitrogens is 1. The number of phenolic OH excluding ortho intramolecular Hbond substituents is 1. The number of nitrogens with two attached hydrogens (primary N) is 3. The maximum atomic E-state index is 13.2. The Morgan fingerprint density at radius 2 is 1.77 bits per heavy atom. The van der Waals surface area contributed by atoms with Gasteiger partial charge in [-0.3, -0.25) is 24.6 Å². The van der Waals surface area contributed by atoms with E-state index in [0.717, 1.165) is 5.52 Å². The topological polar surface area (TPSA) is 254 Å². The molecule has 0 saturated carbocycles. The van der Waals surface area contributed by atoms with Gasteiger partial charge in [-0.25, -0.2) is 0 Å². The molecule has 14 nitrogen and oxygen atoms in total. The molecule has 15 heteroatoms. The van der Waals surface area contributed by atoms with Gasteiger partial charge in [0.15, 0.2) is 5.96 Å². The molecule has 4 atom stereocenters. The highest BCUT2D eigenvalue weighted by Crippen LogP contribution is 2.24. The van der Waals surface area contributed by atoms with Gasteiger partial charge in [0.25, 0.3) is 0 Å². The fraction of sp³-hybridized carbons (Fsp3) is 0.458. The molecule has 214 valence electrons. The van der Waals surface area contributed by atoms with Crippen LogP contribution in [-0.2, 0) is 25.6 Å². The molecule has 13 N–H and O–H groups in total. The predicted octanol–water partition coefficient (Wildman–Crippen LogP) is -1.42. The second-order valence-electron chi connectivity index (χ2n) is 9.05. The van der Waals surface area contributed by atoms with Crippen molar-refractivity contribution in [3.05, 3.63) is 30.0 Å². The standard InChI is InChI=1S/C24H38N9O5P/c25-8-3-5-19(35)31-18(10-13-12-30-16-7-6-14(34)11-15(13)16)21(37)33-23(39)22(38)32-17(20(26)36)4-1-2-9-29-24(27)28/h6-7,11-12,17-18,23,30,34H,1-5,8-10,25,39H2,(H2,26,36)(H,31,35)(H,32,38)(H,33,37)(H4,27,28,29)/t17-,18-,23-/m0/s1. The number of nitrogens with one attached hydrogen (secondary N) is 6. The number of hydrogen-bond donors (Lipinski definition) is 10. The summed E-state index contributed by atoms with van der Waals surface area (Å²) in [4.78, 5) is 53.3. The third-order valence-electron chi connectivity index (χ3n) is 5.91. The van der Waals surface area contributed by atoms with Crippen LogP contribution in [-0.4, -0.2) is 70.6 Å². The first-order valence-electron chi connectivity index (χ1n) is 12.5. The number of carbonyl (C=O) groups excluding carboxylic acids is 4. The lowest BCUT2D eigenvalue weighted by Crippen LogP contribution is -2.55. The molecule has 0 aliphatic rings. The Morgan fingerprint density at radius 1 is 1.03 bits per heavy atom. The minimum atomic E-state index is -1.12. The number of primary amides is 1. The van der Waals surface area contributed by atoms with E-state index in [2.05, 4.69) is 35.5 Å². The van der Waals surface area contributed by atoms with Gasteiger partial charge in [-0.1, -0.05) is 0 Å². The maximum absolute atomic E-state index is 13.2. The van der Waals surface area contributed by atoms with Gasteiger partial charge in [0, 0.05) is 36.5 Å². The van der Waals surface area contributed by atoms with Crippen LogP contribution in [0, 0.1) is 5.41 Å². The lowest BCUT2D eigenvalue weighted by molar-refractivity contribution is -0.131. The summed E-state index contributed by atoms with van der Waals surface area (Å²) in [5, 5.41) is 28.1. The quantitative estimate of drug-likeness (QED) is 0.0500. The summed E-state index contributed by atoms with van der Waals surface area (Å²) in [5.41, 5.74) is 17.6. The maximum Gasteiger partial charge on any atom is 0.247 e. The number of fused-ring (bicyclic) bond motifs is 1. The average molecular weight is 564 g/mol. The van der Waals surface area contributed by atoms with Gasteiger partial charge in [0.1, 0.15) is 23.6 Å². The minimum absolute atomic E-state index is 0.0529. The highest BCUT2D eigenvalue weighted by atomic mass is 31.0. The number of aromatic nitrogens is 1. The van der Waals surface area contributed by atoms with Crippen molar-refractivity contribution >= 4 is 49.7 Å². The van der Waals surface area contributed by atoms with Crippen molar-refractivity contribution < 1.29 is 24.3 Å². The molecule has 39 heavy (non-hydrogen) atoms. The summed E-state index contributed by atoms with van der Waals surface area (Å²) < 4.78 is 0. The minimum Gasteiger partial charge on any atom is -0.508 e. The highest BCUT2D eigenvalue weighted by molar-refractivity contribution is 7.19. The Balaban J connectivity index is 2.06. The zero-order chi connectivity index (χ0) is 28.9. The number of carbonyl (C=O) groups is 4. The fourth-order valence-corrected chi connectivity index (χ4v) is 4.12. The Labute approximate surface area is 228 Å². The molecule has 0 fully saturated rings. The summed E-state index contributed by atoms with van der Waals surface area (Å²) in [7, 11) is 2.20. The molecular weight excluding hydrogens is 525 g/mol.